The second kappa shape index (κ2) is 5.32. The standard InChI is InChI=1S/C14H13BrFN/c1-17-13-4-2-3-10(8-13)7-11-9-12(15)5-6-14(11)16/h2-6,8-9,17H,7H2,1H3. The van der Waals surface area contributed by atoms with Crippen molar-refractivity contribution in [2.75, 3.05) is 12.4 Å². The lowest BCUT2D eigenvalue weighted by Crippen LogP contribution is -1.94. The third kappa shape index (κ3) is 3.07. The molecule has 0 fully saturated rings. The third-order valence-electron chi connectivity index (χ3n) is 2.62. The van der Waals surface area contributed by atoms with Crippen LogP contribution >= 0.6 is 15.9 Å². The number of anilines is 1. The Labute approximate surface area is 109 Å². The molecule has 0 bridgehead atoms. The maximum Gasteiger partial charge on any atom is 0.126 e. The van der Waals surface area contributed by atoms with Crippen LogP contribution < -0.4 is 5.32 Å². The van der Waals surface area contributed by atoms with Crippen molar-refractivity contribution < 1.29 is 4.39 Å². The van der Waals surface area contributed by atoms with Gasteiger partial charge in [0, 0.05) is 23.6 Å². The molecule has 0 aliphatic carbocycles. The molecule has 1 N–H and O–H groups in total. The highest BCUT2D eigenvalue weighted by molar-refractivity contribution is 9.10. The SMILES string of the molecule is CNc1cccc(Cc2cc(Br)ccc2F)c1. The van der Waals surface area contributed by atoms with Gasteiger partial charge in [0.2, 0.25) is 0 Å². The van der Waals surface area contributed by atoms with Crippen LogP contribution in [0.3, 0.4) is 0 Å². The Morgan fingerprint density at radius 1 is 1.18 bits per heavy atom. The highest BCUT2D eigenvalue weighted by atomic mass is 79.9. The Morgan fingerprint density at radius 2 is 2.00 bits per heavy atom. The number of halogens is 2. The maximum atomic E-state index is 13.6. The summed E-state index contributed by atoms with van der Waals surface area (Å²) in [5.74, 6) is -0.164. The Balaban J connectivity index is 2.27. The fourth-order valence-electron chi connectivity index (χ4n) is 1.74. The van der Waals surface area contributed by atoms with E-state index in [0.717, 1.165) is 15.7 Å². The monoisotopic (exact) mass is 293 g/mol. The lowest BCUT2D eigenvalue weighted by molar-refractivity contribution is 0.613. The van der Waals surface area contributed by atoms with Crippen LogP contribution in [0.1, 0.15) is 11.1 Å². The molecule has 0 atom stereocenters. The van der Waals surface area contributed by atoms with Crippen LogP contribution in [0.25, 0.3) is 0 Å². The molecule has 2 aromatic carbocycles. The molecule has 1 nitrogen and oxygen atoms in total. The van der Waals surface area contributed by atoms with Crippen LogP contribution in [0.2, 0.25) is 0 Å². The Morgan fingerprint density at radius 3 is 2.76 bits per heavy atom. The van der Waals surface area contributed by atoms with Crippen molar-refractivity contribution in [3.63, 3.8) is 0 Å². The van der Waals surface area contributed by atoms with Gasteiger partial charge in [0.15, 0.2) is 0 Å². The zero-order valence-corrected chi connectivity index (χ0v) is 11.1. The van der Waals surface area contributed by atoms with Crippen molar-refractivity contribution in [2.24, 2.45) is 0 Å². The number of rotatable bonds is 3. The van der Waals surface area contributed by atoms with Gasteiger partial charge in [-0.3, -0.25) is 0 Å². The van der Waals surface area contributed by atoms with Crippen LogP contribution in [-0.4, -0.2) is 7.05 Å². The zero-order chi connectivity index (χ0) is 12.3. The highest BCUT2D eigenvalue weighted by Gasteiger charge is 2.04. The van der Waals surface area contributed by atoms with E-state index in [9.17, 15) is 4.39 Å². The van der Waals surface area contributed by atoms with Crippen molar-refractivity contribution >= 4 is 21.6 Å². The summed E-state index contributed by atoms with van der Waals surface area (Å²) < 4.78 is 14.5. The fraction of sp³-hybridized carbons (Fsp3) is 0.143. The highest BCUT2D eigenvalue weighted by Crippen LogP contribution is 2.20. The molecule has 3 heteroatoms. The maximum absolute atomic E-state index is 13.6. The molecule has 0 unspecified atom stereocenters. The number of hydrogen-bond acceptors (Lipinski definition) is 1. The van der Waals surface area contributed by atoms with Gasteiger partial charge < -0.3 is 5.32 Å². The zero-order valence-electron chi connectivity index (χ0n) is 9.50. The molecule has 2 aromatic rings. The van der Waals surface area contributed by atoms with E-state index in [1.165, 1.54) is 6.07 Å². The topological polar surface area (TPSA) is 12.0 Å². The molecule has 0 aromatic heterocycles. The molecule has 0 spiro atoms. The summed E-state index contributed by atoms with van der Waals surface area (Å²) in [4.78, 5) is 0. The average molecular weight is 294 g/mol. The summed E-state index contributed by atoms with van der Waals surface area (Å²) in [6, 6.07) is 13.0. The van der Waals surface area contributed by atoms with Crippen LogP contribution in [0.15, 0.2) is 46.9 Å². The lowest BCUT2D eigenvalue weighted by atomic mass is 10.0. The first-order valence-electron chi connectivity index (χ1n) is 5.39. The summed E-state index contributed by atoms with van der Waals surface area (Å²) in [6.45, 7) is 0. The van der Waals surface area contributed by atoms with Gasteiger partial charge in [-0.25, -0.2) is 4.39 Å². The summed E-state index contributed by atoms with van der Waals surface area (Å²) in [7, 11) is 1.87. The van der Waals surface area contributed by atoms with E-state index in [-0.39, 0.29) is 5.82 Å². The van der Waals surface area contributed by atoms with E-state index >= 15 is 0 Å². The van der Waals surface area contributed by atoms with Crippen molar-refractivity contribution in [3.8, 4) is 0 Å². The first-order chi connectivity index (χ1) is 8.19. The Bertz CT molecular complexity index is 525. The predicted octanol–water partition coefficient (Wildman–Crippen LogP) is 4.22. The predicted molar refractivity (Wildman–Crippen MR) is 72.9 cm³/mol. The summed E-state index contributed by atoms with van der Waals surface area (Å²) in [6.07, 6.45) is 0.598. The number of benzene rings is 2. The Hall–Kier alpha value is -1.35. The molecular formula is C14H13BrFN. The smallest absolute Gasteiger partial charge is 0.126 e. The second-order valence-electron chi connectivity index (χ2n) is 3.86. The quantitative estimate of drug-likeness (QED) is 0.893. The summed E-state index contributed by atoms with van der Waals surface area (Å²) in [5, 5.41) is 3.08. The van der Waals surface area contributed by atoms with Crippen LogP contribution in [0.5, 0.6) is 0 Å². The van der Waals surface area contributed by atoms with E-state index < -0.39 is 0 Å². The van der Waals surface area contributed by atoms with Gasteiger partial charge in [-0.05, 0) is 41.5 Å². The second-order valence-corrected chi connectivity index (χ2v) is 4.78. The minimum absolute atomic E-state index is 0.164. The minimum atomic E-state index is -0.164. The van der Waals surface area contributed by atoms with Gasteiger partial charge in [-0.2, -0.15) is 0 Å². The number of hydrogen-bond donors (Lipinski definition) is 1. The normalized spacial score (nSPS) is 10.3. The molecule has 0 aliphatic rings. The van der Waals surface area contributed by atoms with Crippen LogP contribution in [0.4, 0.5) is 10.1 Å². The van der Waals surface area contributed by atoms with Gasteiger partial charge in [0.05, 0.1) is 0 Å². The van der Waals surface area contributed by atoms with Crippen LogP contribution in [-0.2, 0) is 6.42 Å². The van der Waals surface area contributed by atoms with Gasteiger partial charge in [0.25, 0.3) is 0 Å². The molecular weight excluding hydrogens is 281 g/mol. The minimum Gasteiger partial charge on any atom is -0.388 e. The van der Waals surface area contributed by atoms with Crippen molar-refractivity contribution in [2.45, 2.75) is 6.42 Å². The van der Waals surface area contributed by atoms with Crippen LogP contribution in [0, 0.1) is 5.82 Å². The van der Waals surface area contributed by atoms with Gasteiger partial charge in [-0.15, -0.1) is 0 Å². The van der Waals surface area contributed by atoms with E-state index in [1.54, 1.807) is 6.07 Å². The van der Waals surface area contributed by atoms with E-state index in [2.05, 4.69) is 21.2 Å². The summed E-state index contributed by atoms with van der Waals surface area (Å²) >= 11 is 3.36. The largest absolute Gasteiger partial charge is 0.388 e. The first-order valence-corrected chi connectivity index (χ1v) is 6.19. The molecule has 0 saturated heterocycles. The van der Waals surface area contributed by atoms with Gasteiger partial charge in [0.1, 0.15) is 5.82 Å². The molecule has 0 amide bonds. The van der Waals surface area contributed by atoms with Crippen molar-refractivity contribution in [1.82, 2.24) is 0 Å². The molecule has 2 rings (SSSR count). The van der Waals surface area contributed by atoms with E-state index in [0.29, 0.717) is 12.0 Å². The van der Waals surface area contributed by atoms with Gasteiger partial charge >= 0.3 is 0 Å². The fourth-order valence-corrected chi connectivity index (χ4v) is 2.14. The molecule has 0 saturated carbocycles. The Kier molecular flexibility index (Phi) is 3.79. The molecule has 17 heavy (non-hydrogen) atoms. The molecule has 0 radical (unpaired) electrons. The van der Waals surface area contributed by atoms with E-state index in [1.807, 2.05) is 37.4 Å². The first kappa shape index (κ1) is 12.1. The lowest BCUT2D eigenvalue weighted by Gasteiger charge is -2.06. The molecule has 0 aliphatic heterocycles. The summed E-state index contributed by atoms with van der Waals surface area (Å²) in [5.41, 5.74) is 2.83. The van der Waals surface area contributed by atoms with Crippen molar-refractivity contribution in [1.29, 1.82) is 0 Å². The molecule has 88 valence electrons. The van der Waals surface area contributed by atoms with E-state index in [4.69, 9.17) is 0 Å². The average Bonchev–Trinajstić information content (AvgIpc) is 2.34. The van der Waals surface area contributed by atoms with Gasteiger partial charge in [-0.1, -0.05) is 28.1 Å². The number of nitrogens with one attached hydrogen (secondary N) is 1. The third-order valence-corrected chi connectivity index (χ3v) is 3.11. The molecule has 0 heterocycles. The van der Waals surface area contributed by atoms with Crippen molar-refractivity contribution in [3.05, 3.63) is 63.9 Å².